The summed E-state index contributed by atoms with van der Waals surface area (Å²) in [5.41, 5.74) is 3.18. The number of alkyl halides is 2. The van der Waals surface area contributed by atoms with Gasteiger partial charge in [0.15, 0.2) is 0 Å². The van der Waals surface area contributed by atoms with Crippen LogP contribution >= 0.6 is 23.2 Å². The summed E-state index contributed by atoms with van der Waals surface area (Å²) in [5, 5.41) is 6.47. The van der Waals surface area contributed by atoms with E-state index >= 15 is 0 Å². The molecule has 2 aliphatic rings. The Balaban J connectivity index is 1.67. The minimum atomic E-state index is -2.81. The molecule has 136 valence electrons. The fourth-order valence-electron chi connectivity index (χ4n) is 4.14. The molecule has 1 N–H and O–H groups in total. The lowest BCUT2D eigenvalue weighted by Crippen LogP contribution is -2.16. The standard InChI is InChI=1S/C18H15Cl2F2N3O/c1-25-7-12(15(24-25)17(21)22)18(26)23-13-4-2-3-9-10-5-8(14(9)13)6-11(10)16(19)20/h2-4,7-8,10,17H,5-6H2,1H3,(H,23,26)/t8-,10+/m0/s1. The summed E-state index contributed by atoms with van der Waals surface area (Å²) in [7, 11) is 1.51. The molecule has 1 amide bonds. The average Bonchev–Trinajstić information content (AvgIpc) is 3.27. The summed E-state index contributed by atoms with van der Waals surface area (Å²) in [6, 6.07) is 5.63. The third-order valence-corrected chi connectivity index (χ3v) is 5.62. The molecule has 0 saturated heterocycles. The van der Waals surface area contributed by atoms with Crippen molar-refractivity contribution in [2.75, 3.05) is 5.32 Å². The third-order valence-electron chi connectivity index (χ3n) is 5.13. The van der Waals surface area contributed by atoms with Gasteiger partial charge in [-0.2, -0.15) is 5.10 Å². The smallest absolute Gasteiger partial charge is 0.282 e. The Labute approximate surface area is 158 Å². The Morgan fingerprint density at radius 1 is 1.38 bits per heavy atom. The maximum atomic E-state index is 13.1. The van der Waals surface area contributed by atoms with Crippen molar-refractivity contribution in [2.45, 2.75) is 31.1 Å². The molecular weight excluding hydrogens is 383 g/mol. The molecule has 1 saturated carbocycles. The molecule has 26 heavy (non-hydrogen) atoms. The highest BCUT2D eigenvalue weighted by molar-refractivity contribution is 6.56. The maximum absolute atomic E-state index is 13.1. The molecular formula is C18H15Cl2F2N3O. The lowest BCUT2D eigenvalue weighted by atomic mass is 9.87. The summed E-state index contributed by atoms with van der Waals surface area (Å²) in [6.07, 6.45) is 0.144. The van der Waals surface area contributed by atoms with Gasteiger partial charge in [-0.3, -0.25) is 9.48 Å². The second-order valence-corrected chi connectivity index (χ2v) is 7.59. The Morgan fingerprint density at radius 3 is 2.85 bits per heavy atom. The van der Waals surface area contributed by atoms with E-state index in [0.29, 0.717) is 10.2 Å². The number of allylic oxidation sites excluding steroid dienone is 1. The van der Waals surface area contributed by atoms with Crippen molar-refractivity contribution in [3.8, 4) is 0 Å². The van der Waals surface area contributed by atoms with E-state index < -0.39 is 18.0 Å². The van der Waals surface area contributed by atoms with Crippen LogP contribution in [0.3, 0.4) is 0 Å². The van der Waals surface area contributed by atoms with E-state index in [-0.39, 0.29) is 17.4 Å². The van der Waals surface area contributed by atoms with Crippen LogP contribution in [-0.4, -0.2) is 15.7 Å². The van der Waals surface area contributed by atoms with Crippen molar-refractivity contribution in [1.82, 2.24) is 9.78 Å². The van der Waals surface area contributed by atoms with Gasteiger partial charge in [0.1, 0.15) is 10.2 Å². The number of amides is 1. The van der Waals surface area contributed by atoms with E-state index in [9.17, 15) is 13.6 Å². The Kier molecular flexibility index (Phi) is 4.28. The molecule has 4 rings (SSSR count). The number of nitrogens with zero attached hydrogens (tertiary/aromatic N) is 2. The molecule has 1 heterocycles. The van der Waals surface area contributed by atoms with Crippen LogP contribution in [0, 0.1) is 0 Å². The van der Waals surface area contributed by atoms with Crippen LogP contribution in [0.15, 0.2) is 34.5 Å². The van der Waals surface area contributed by atoms with Crippen LogP contribution in [0.5, 0.6) is 0 Å². The largest absolute Gasteiger partial charge is 0.322 e. The van der Waals surface area contributed by atoms with Crippen LogP contribution in [0.2, 0.25) is 0 Å². The number of halogens is 4. The van der Waals surface area contributed by atoms with E-state index in [1.807, 2.05) is 12.1 Å². The predicted octanol–water partition coefficient (Wildman–Crippen LogP) is 5.27. The fourth-order valence-corrected chi connectivity index (χ4v) is 4.56. The number of nitrogens with one attached hydrogen (secondary N) is 1. The number of carbonyl (C=O) groups excluding carboxylic acids is 1. The minimum absolute atomic E-state index is 0.118. The summed E-state index contributed by atoms with van der Waals surface area (Å²) in [4.78, 5) is 12.6. The van der Waals surface area contributed by atoms with E-state index in [4.69, 9.17) is 23.2 Å². The van der Waals surface area contributed by atoms with Gasteiger partial charge in [-0.25, -0.2) is 8.78 Å². The minimum Gasteiger partial charge on any atom is -0.322 e. The van der Waals surface area contributed by atoms with Crippen LogP contribution in [-0.2, 0) is 7.05 Å². The van der Waals surface area contributed by atoms with E-state index in [0.717, 1.165) is 29.5 Å². The molecule has 2 bridgehead atoms. The number of fused-ring (bicyclic) bond motifs is 5. The number of rotatable bonds is 3. The van der Waals surface area contributed by atoms with Gasteiger partial charge in [0.05, 0.1) is 5.56 Å². The van der Waals surface area contributed by atoms with Gasteiger partial charge in [0.2, 0.25) is 0 Å². The molecule has 0 radical (unpaired) electrons. The Hall–Kier alpha value is -1.92. The summed E-state index contributed by atoms with van der Waals surface area (Å²) in [5.74, 6) is -0.208. The second kappa shape index (κ2) is 6.35. The second-order valence-electron chi connectivity index (χ2n) is 6.64. The van der Waals surface area contributed by atoms with Crippen LogP contribution in [0.1, 0.15) is 58.3 Å². The normalized spacial score (nSPS) is 20.6. The van der Waals surface area contributed by atoms with Gasteiger partial charge in [-0.15, -0.1) is 0 Å². The van der Waals surface area contributed by atoms with Gasteiger partial charge in [-0.05, 0) is 41.5 Å². The highest BCUT2D eigenvalue weighted by atomic mass is 35.5. The molecule has 2 atom stereocenters. The number of anilines is 1. The molecule has 1 aromatic carbocycles. The molecule has 4 nitrogen and oxygen atoms in total. The number of aromatic nitrogens is 2. The van der Waals surface area contributed by atoms with Gasteiger partial charge in [-0.1, -0.05) is 35.3 Å². The van der Waals surface area contributed by atoms with E-state index in [1.54, 1.807) is 6.07 Å². The van der Waals surface area contributed by atoms with Crippen molar-refractivity contribution in [1.29, 1.82) is 0 Å². The first-order chi connectivity index (χ1) is 12.4. The van der Waals surface area contributed by atoms with Crippen LogP contribution < -0.4 is 5.32 Å². The van der Waals surface area contributed by atoms with Gasteiger partial charge in [0.25, 0.3) is 12.3 Å². The molecule has 0 unspecified atom stereocenters. The lowest BCUT2D eigenvalue weighted by molar-refractivity contribution is 0.101. The number of hydrogen-bond acceptors (Lipinski definition) is 2. The summed E-state index contributed by atoms with van der Waals surface area (Å²) in [6.45, 7) is 0. The Morgan fingerprint density at radius 2 is 2.15 bits per heavy atom. The van der Waals surface area contributed by atoms with Crippen molar-refractivity contribution < 1.29 is 13.6 Å². The number of aryl methyl sites for hydroxylation is 1. The third kappa shape index (κ3) is 2.72. The van der Waals surface area contributed by atoms with Gasteiger partial charge in [0, 0.05) is 24.8 Å². The SMILES string of the molecule is Cn1cc(C(=O)Nc2cccc3c2[C@@H]2CC(=C(Cl)Cl)[C@@H]3C2)c(C(F)F)n1. The predicted molar refractivity (Wildman–Crippen MR) is 96.0 cm³/mol. The number of carbonyl (C=O) groups is 1. The lowest BCUT2D eigenvalue weighted by Gasteiger charge is -2.21. The van der Waals surface area contributed by atoms with E-state index in [2.05, 4.69) is 10.4 Å². The first-order valence-corrected chi connectivity index (χ1v) is 8.92. The molecule has 0 aliphatic heterocycles. The summed E-state index contributed by atoms with van der Waals surface area (Å²) >= 11 is 12.0. The maximum Gasteiger partial charge on any atom is 0.282 e. The zero-order valence-electron chi connectivity index (χ0n) is 13.8. The summed E-state index contributed by atoms with van der Waals surface area (Å²) < 4.78 is 27.8. The van der Waals surface area contributed by atoms with Crippen molar-refractivity contribution in [3.63, 3.8) is 0 Å². The topological polar surface area (TPSA) is 46.9 Å². The molecule has 2 aromatic rings. The van der Waals surface area contributed by atoms with Crippen molar-refractivity contribution in [2.24, 2.45) is 7.05 Å². The van der Waals surface area contributed by atoms with Crippen molar-refractivity contribution >= 4 is 34.8 Å². The quantitative estimate of drug-likeness (QED) is 0.766. The Bertz CT molecular complexity index is 935. The average molecular weight is 398 g/mol. The molecule has 1 fully saturated rings. The molecule has 2 aliphatic carbocycles. The first-order valence-electron chi connectivity index (χ1n) is 8.16. The highest BCUT2D eigenvalue weighted by Gasteiger charge is 2.43. The van der Waals surface area contributed by atoms with Crippen LogP contribution in [0.4, 0.5) is 14.5 Å². The molecule has 0 spiro atoms. The number of hydrogen-bond donors (Lipinski definition) is 1. The van der Waals surface area contributed by atoms with Crippen molar-refractivity contribution in [3.05, 3.63) is 56.8 Å². The van der Waals surface area contributed by atoms with Crippen LogP contribution in [0.25, 0.3) is 0 Å². The fraction of sp³-hybridized carbons (Fsp3) is 0.333. The number of benzene rings is 1. The zero-order chi connectivity index (χ0) is 18.6. The highest BCUT2D eigenvalue weighted by Crippen LogP contribution is 2.59. The molecule has 8 heteroatoms. The van der Waals surface area contributed by atoms with Gasteiger partial charge < -0.3 is 5.32 Å². The molecule has 1 aromatic heterocycles. The first kappa shape index (κ1) is 17.5. The monoisotopic (exact) mass is 397 g/mol. The zero-order valence-corrected chi connectivity index (χ0v) is 15.3. The van der Waals surface area contributed by atoms with E-state index in [1.165, 1.54) is 17.9 Å². The van der Waals surface area contributed by atoms with Gasteiger partial charge >= 0.3 is 0 Å².